The Morgan fingerprint density at radius 3 is 2.55 bits per heavy atom. The van der Waals surface area contributed by atoms with Gasteiger partial charge in [0.1, 0.15) is 11.2 Å². The van der Waals surface area contributed by atoms with Gasteiger partial charge in [-0.05, 0) is 47.0 Å². The van der Waals surface area contributed by atoms with Gasteiger partial charge in [0.2, 0.25) is 5.91 Å². The summed E-state index contributed by atoms with van der Waals surface area (Å²) in [7, 11) is 0. The molecule has 1 N–H and O–H groups in total. The van der Waals surface area contributed by atoms with Gasteiger partial charge in [-0.25, -0.2) is 0 Å². The second kappa shape index (κ2) is 4.98. The molecule has 0 aromatic heterocycles. The predicted octanol–water partition coefficient (Wildman–Crippen LogP) is 3.59. The summed E-state index contributed by atoms with van der Waals surface area (Å²) < 4.78 is 40.1. The van der Waals surface area contributed by atoms with E-state index in [2.05, 4.69) is 26.0 Å². The largest absolute Gasteiger partial charge is 0.573 e. The molecular weight excluding hydrogens is 341 g/mol. The lowest BCUT2D eigenvalue weighted by molar-refractivity contribution is -0.274. The van der Waals surface area contributed by atoms with Crippen LogP contribution in [0.2, 0.25) is 0 Å². The Balaban J connectivity index is 2.10. The molecule has 0 bridgehead atoms. The molecule has 1 amide bonds. The van der Waals surface area contributed by atoms with Crippen LogP contribution in [0.25, 0.3) is 0 Å². The summed E-state index contributed by atoms with van der Waals surface area (Å²) in [6.45, 7) is 0. The van der Waals surface area contributed by atoms with E-state index < -0.39 is 23.4 Å². The van der Waals surface area contributed by atoms with Gasteiger partial charge in [-0.3, -0.25) is 4.79 Å². The molecule has 1 aromatic rings. The zero-order valence-corrected chi connectivity index (χ0v) is 11.5. The van der Waals surface area contributed by atoms with Crippen LogP contribution >= 0.6 is 15.9 Å². The van der Waals surface area contributed by atoms with E-state index in [1.807, 2.05) is 6.07 Å². The van der Waals surface area contributed by atoms with Crippen molar-refractivity contribution in [3.63, 3.8) is 0 Å². The zero-order chi connectivity index (χ0) is 15.0. The molecule has 0 atom stereocenters. The third kappa shape index (κ3) is 3.22. The van der Waals surface area contributed by atoms with E-state index in [9.17, 15) is 18.0 Å². The Bertz CT molecular complexity index is 591. The molecule has 1 saturated carbocycles. The molecule has 8 heteroatoms. The van der Waals surface area contributed by atoms with Gasteiger partial charge >= 0.3 is 6.36 Å². The van der Waals surface area contributed by atoms with Gasteiger partial charge in [0, 0.05) is 5.69 Å². The zero-order valence-electron chi connectivity index (χ0n) is 9.92. The van der Waals surface area contributed by atoms with Crippen LogP contribution in [0.3, 0.4) is 0 Å². The average molecular weight is 349 g/mol. The lowest BCUT2D eigenvalue weighted by atomic mass is 10.1. The van der Waals surface area contributed by atoms with E-state index in [1.165, 1.54) is 12.1 Å². The summed E-state index contributed by atoms with van der Waals surface area (Å²) in [6.07, 6.45) is -3.80. The Labute approximate surface area is 120 Å². The number of nitrogens with one attached hydrogen (secondary N) is 1. The van der Waals surface area contributed by atoms with Crippen molar-refractivity contribution in [1.29, 1.82) is 5.26 Å². The van der Waals surface area contributed by atoms with Crippen molar-refractivity contribution in [3.8, 4) is 11.8 Å². The van der Waals surface area contributed by atoms with E-state index >= 15 is 0 Å². The highest BCUT2D eigenvalue weighted by Crippen LogP contribution is 2.46. The molecule has 0 heterocycles. The summed E-state index contributed by atoms with van der Waals surface area (Å²) in [5.41, 5.74) is -0.703. The van der Waals surface area contributed by atoms with Crippen LogP contribution in [0.4, 0.5) is 18.9 Å². The van der Waals surface area contributed by atoms with E-state index in [0.29, 0.717) is 12.8 Å². The molecule has 0 aliphatic heterocycles. The first-order chi connectivity index (χ1) is 9.26. The van der Waals surface area contributed by atoms with Crippen LogP contribution in [0.15, 0.2) is 22.7 Å². The highest BCUT2D eigenvalue weighted by atomic mass is 79.9. The third-order valence-electron chi connectivity index (χ3n) is 2.81. The second-order valence-corrected chi connectivity index (χ2v) is 5.20. The van der Waals surface area contributed by atoms with E-state index in [1.54, 1.807) is 0 Å². The molecule has 0 spiro atoms. The van der Waals surface area contributed by atoms with E-state index in [0.717, 1.165) is 6.07 Å². The van der Waals surface area contributed by atoms with Crippen LogP contribution < -0.4 is 10.1 Å². The number of halogens is 4. The van der Waals surface area contributed by atoms with Crippen molar-refractivity contribution < 1.29 is 22.7 Å². The third-order valence-corrected chi connectivity index (χ3v) is 3.43. The Hall–Kier alpha value is -1.75. The average Bonchev–Trinajstić information content (AvgIpc) is 3.12. The second-order valence-electron chi connectivity index (χ2n) is 4.34. The molecule has 0 unspecified atom stereocenters. The standard InChI is InChI=1S/C12H8BrF3N2O2/c13-8-5-7(1-2-9(8)20-12(14,15)16)18-10(19)11(6-17)3-4-11/h1-2,5H,3-4H2,(H,18,19). The van der Waals surface area contributed by atoms with E-state index in [-0.39, 0.29) is 10.2 Å². The summed E-state index contributed by atoms with van der Waals surface area (Å²) in [5.74, 6) is -0.853. The number of amides is 1. The van der Waals surface area contributed by atoms with Crippen LogP contribution in [0.1, 0.15) is 12.8 Å². The normalized spacial score (nSPS) is 16.1. The van der Waals surface area contributed by atoms with Gasteiger partial charge in [-0.2, -0.15) is 5.26 Å². The summed E-state index contributed by atoms with van der Waals surface area (Å²) in [5, 5.41) is 11.4. The number of nitrogens with zero attached hydrogens (tertiary/aromatic N) is 1. The topological polar surface area (TPSA) is 62.1 Å². The number of benzene rings is 1. The fourth-order valence-corrected chi connectivity index (χ4v) is 2.01. The minimum absolute atomic E-state index is 0.0504. The quantitative estimate of drug-likeness (QED) is 0.907. The number of alkyl halides is 3. The minimum atomic E-state index is -4.79. The van der Waals surface area contributed by atoms with Crippen LogP contribution in [0, 0.1) is 16.7 Å². The Morgan fingerprint density at radius 2 is 2.10 bits per heavy atom. The molecule has 2 rings (SSSR count). The number of anilines is 1. The first-order valence-corrected chi connectivity index (χ1v) is 6.33. The fourth-order valence-electron chi connectivity index (χ4n) is 1.55. The SMILES string of the molecule is N#CC1(C(=O)Nc2ccc(OC(F)(F)F)c(Br)c2)CC1. The Morgan fingerprint density at radius 1 is 1.45 bits per heavy atom. The van der Waals surface area contributed by atoms with Crippen molar-refractivity contribution in [2.24, 2.45) is 5.41 Å². The molecule has 0 saturated heterocycles. The van der Waals surface area contributed by atoms with Crippen LogP contribution in [0.5, 0.6) is 5.75 Å². The number of rotatable bonds is 3. The molecule has 1 aliphatic rings. The molecular formula is C12H8BrF3N2O2. The highest BCUT2D eigenvalue weighted by molar-refractivity contribution is 9.10. The first kappa shape index (κ1) is 14.7. The maximum atomic E-state index is 12.1. The molecule has 4 nitrogen and oxygen atoms in total. The molecule has 20 heavy (non-hydrogen) atoms. The van der Waals surface area contributed by atoms with Gasteiger partial charge in [0.05, 0.1) is 10.5 Å². The summed E-state index contributed by atoms with van der Waals surface area (Å²) in [4.78, 5) is 11.8. The number of nitriles is 1. The molecule has 1 aliphatic carbocycles. The van der Waals surface area contributed by atoms with Gasteiger partial charge in [0.25, 0.3) is 0 Å². The molecule has 1 aromatic carbocycles. The predicted molar refractivity (Wildman–Crippen MR) is 66.7 cm³/mol. The van der Waals surface area contributed by atoms with Crippen LogP contribution in [-0.4, -0.2) is 12.3 Å². The van der Waals surface area contributed by atoms with Gasteiger partial charge in [0.15, 0.2) is 0 Å². The minimum Gasteiger partial charge on any atom is -0.405 e. The monoisotopic (exact) mass is 348 g/mol. The maximum Gasteiger partial charge on any atom is 0.573 e. The molecule has 1 fully saturated rings. The van der Waals surface area contributed by atoms with Gasteiger partial charge in [-0.1, -0.05) is 0 Å². The number of hydrogen-bond donors (Lipinski definition) is 1. The van der Waals surface area contributed by atoms with Crippen molar-refractivity contribution in [2.75, 3.05) is 5.32 Å². The van der Waals surface area contributed by atoms with Crippen molar-refractivity contribution in [2.45, 2.75) is 19.2 Å². The number of carbonyl (C=O) groups is 1. The smallest absolute Gasteiger partial charge is 0.405 e. The lowest BCUT2D eigenvalue weighted by Gasteiger charge is -2.12. The first-order valence-electron chi connectivity index (χ1n) is 5.54. The molecule has 0 radical (unpaired) electrons. The van der Waals surface area contributed by atoms with Gasteiger partial charge in [-0.15, -0.1) is 13.2 Å². The highest BCUT2D eigenvalue weighted by Gasteiger charge is 2.50. The van der Waals surface area contributed by atoms with Crippen LogP contribution in [-0.2, 0) is 4.79 Å². The lowest BCUT2D eigenvalue weighted by Crippen LogP contribution is -2.22. The Kier molecular flexibility index (Phi) is 3.65. The van der Waals surface area contributed by atoms with E-state index in [4.69, 9.17) is 5.26 Å². The van der Waals surface area contributed by atoms with Crippen molar-refractivity contribution in [3.05, 3.63) is 22.7 Å². The van der Waals surface area contributed by atoms with Crippen molar-refractivity contribution >= 4 is 27.5 Å². The molecule has 106 valence electrons. The van der Waals surface area contributed by atoms with Gasteiger partial charge < -0.3 is 10.1 Å². The summed E-state index contributed by atoms with van der Waals surface area (Å²) in [6, 6.07) is 5.57. The van der Waals surface area contributed by atoms with Crippen molar-refractivity contribution in [1.82, 2.24) is 0 Å². The number of ether oxygens (including phenoxy) is 1. The maximum absolute atomic E-state index is 12.1. The number of carbonyl (C=O) groups excluding carboxylic acids is 1. The fraction of sp³-hybridized carbons (Fsp3) is 0.333. The number of hydrogen-bond acceptors (Lipinski definition) is 3. The summed E-state index contributed by atoms with van der Waals surface area (Å²) >= 11 is 2.93.